The molecular formula is C15H23KO4S. The molecule has 0 aromatic heterocycles. The summed E-state index contributed by atoms with van der Waals surface area (Å²) in [4.78, 5) is 0. The molecule has 4 nitrogen and oxygen atoms in total. The molecule has 0 saturated carbocycles. The molecule has 0 aliphatic rings. The minimum absolute atomic E-state index is 0. The Labute approximate surface area is 171 Å². The van der Waals surface area contributed by atoms with Gasteiger partial charge in [0.15, 0.2) is 0 Å². The van der Waals surface area contributed by atoms with Crippen LogP contribution in [0.1, 0.15) is 57.4 Å². The van der Waals surface area contributed by atoms with Gasteiger partial charge in [-0.3, -0.25) is 0 Å². The molecule has 1 rings (SSSR count). The van der Waals surface area contributed by atoms with Gasteiger partial charge in [-0.15, -0.1) is 0 Å². The van der Waals surface area contributed by atoms with E-state index in [1.54, 1.807) is 12.1 Å². The fourth-order valence-corrected chi connectivity index (χ4v) is 2.56. The van der Waals surface area contributed by atoms with Crippen LogP contribution < -0.4 is 55.6 Å². The average molecular weight is 339 g/mol. The predicted molar refractivity (Wildman–Crippen MR) is 78.5 cm³/mol. The van der Waals surface area contributed by atoms with Crippen LogP contribution in [0.15, 0.2) is 24.3 Å². The van der Waals surface area contributed by atoms with Gasteiger partial charge >= 0.3 is 51.4 Å². The van der Waals surface area contributed by atoms with Crippen molar-refractivity contribution in [1.29, 1.82) is 0 Å². The fourth-order valence-electron chi connectivity index (χ4n) is 2.17. The predicted octanol–water partition coefficient (Wildman–Crippen LogP) is 0.823. The molecule has 0 unspecified atom stereocenters. The largest absolute Gasteiger partial charge is 1.00 e. The zero-order valence-corrected chi connectivity index (χ0v) is 16.9. The topological polar surface area (TPSA) is 66.4 Å². The summed E-state index contributed by atoms with van der Waals surface area (Å²) in [5.41, 5.74) is 0.778. The zero-order chi connectivity index (χ0) is 14.8. The normalized spacial score (nSPS) is 11.0. The molecule has 0 amide bonds. The zero-order valence-electron chi connectivity index (χ0n) is 13.0. The van der Waals surface area contributed by atoms with Crippen LogP contribution in [0.25, 0.3) is 0 Å². The number of aryl methyl sites for hydroxylation is 1. The molecule has 0 aliphatic heterocycles. The molecule has 0 aliphatic carbocycles. The first-order chi connectivity index (χ1) is 9.53. The van der Waals surface area contributed by atoms with Crippen LogP contribution in [-0.4, -0.2) is 13.0 Å². The molecule has 0 N–H and O–H groups in total. The molecule has 0 saturated heterocycles. The van der Waals surface area contributed by atoms with Gasteiger partial charge in [0.2, 0.25) is 0 Å². The molecule has 0 radical (unpaired) electrons. The van der Waals surface area contributed by atoms with Gasteiger partial charge < -0.3 is 8.74 Å². The van der Waals surface area contributed by atoms with Crippen molar-refractivity contribution in [1.82, 2.24) is 0 Å². The van der Waals surface area contributed by atoms with Crippen LogP contribution in [0.5, 0.6) is 5.75 Å². The minimum atomic E-state index is -4.70. The number of hydrogen-bond acceptors (Lipinski definition) is 4. The van der Waals surface area contributed by atoms with Gasteiger partial charge in [-0.1, -0.05) is 63.6 Å². The smallest absolute Gasteiger partial charge is 0.716 e. The first-order valence-electron chi connectivity index (χ1n) is 7.26. The standard InChI is InChI=1S/C15H24O4S.K/c1-2-3-4-5-6-7-8-11-14-12-9-10-13-15(14)19-20(16,17)18;/h9-10,12-13H,2-8,11H2,1H3,(H,16,17,18);/q;+1/p-1. The molecule has 0 fully saturated rings. The van der Waals surface area contributed by atoms with Crippen molar-refractivity contribution in [2.45, 2.75) is 58.3 Å². The van der Waals surface area contributed by atoms with Gasteiger partial charge in [0.05, 0.1) is 0 Å². The third kappa shape index (κ3) is 10.8. The number of unbranched alkanes of at least 4 members (excludes halogenated alkanes) is 6. The maximum Gasteiger partial charge on any atom is 1.00 e. The number of hydrogen-bond donors (Lipinski definition) is 0. The summed E-state index contributed by atoms with van der Waals surface area (Å²) in [5.74, 6) is 0.161. The van der Waals surface area contributed by atoms with Gasteiger partial charge in [0.25, 0.3) is 10.4 Å². The maximum atomic E-state index is 10.7. The van der Waals surface area contributed by atoms with Crippen LogP contribution in [0.3, 0.4) is 0 Å². The van der Waals surface area contributed by atoms with Crippen molar-refractivity contribution in [2.24, 2.45) is 0 Å². The van der Waals surface area contributed by atoms with E-state index < -0.39 is 10.4 Å². The summed E-state index contributed by atoms with van der Waals surface area (Å²) in [6.07, 6.45) is 9.09. The summed E-state index contributed by atoms with van der Waals surface area (Å²) in [7, 11) is -4.70. The number of rotatable bonds is 10. The average Bonchev–Trinajstić information content (AvgIpc) is 2.38. The Bertz CT molecular complexity index is 488. The van der Waals surface area contributed by atoms with E-state index in [-0.39, 0.29) is 57.1 Å². The van der Waals surface area contributed by atoms with E-state index in [0.717, 1.165) is 24.8 Å². The monoisotopic (exact) mass is 338 g/mol. The van der Waals surface area contributed by atoms with Crippen molar-refractivity contribution in [3.8, 4) is 5.75 Å². The van der Waals surface area contributed by atoms with Crippen LogP contribution >= 0.6 is 0 Å². The van der Waals surface area contributed by atoms with E-state index in [4.69, 9.17) is 0 Å². The third-order valence-corrected chi connectivity index (χ3v) is 3.60. The molecule has 0 spiro atoms. The molecular weight excluding hydrogens is 315 g/mol. The molecule has 0 bridgehead atoms. The first-order valence-corrected chi connectivity index (χ1v) is 8.59. The summed E-state index contributed by atoms with van der Waals surface area (Å²) < 4.78 is 36.4. The number of benzene rings is 1. The second-order valence-corrected chi connectivity index (χ2v) is 5.95. The second kappa shape index (κ2) is 12.0. The molecule has 0 heterocycles. The third-order valence-electron chi connectivity index (χ3n) is 3.21. The van der Waals surface area contributed by atoms with E-state index in [2.05, 4.69) is 11.1 Å². The van der Waals surface area contributed by atoms with Crippen molar-refractivity contribution in [3.05, 3.63) is 29.8 Å². The van der Waals surface area contributed by atoms with Crippen LogP contribution in [0, 0.1) is 0 Å². The van der Waals surface area contributed by atoms with Crippen molar-refractivity contribution in [2.75, 3.05) is 0 Å². The maximum absolute atomic E-state index is 10.7. The van der Waals surface area contributed by atoms with Gasteiger partial charge in [-0.25, -0.2) is 8.42 Å². The van der Waals surface area contributed by atoms with Gasteiger partial charge in [-0.05, 0) is 24.5 Å². The Morgan fingerprint density at radius 3 is 2.19 bits per heavy atom. The van der Waals surface area contributed by atoms with Crippen molar-refractivity contribution < 1.29 is 68.5 Å². The van der Waals surface area contributed by atoms with Crippen LogP contribution in [0.2, 0.25) is 0 Å². The summed E-state index contributed by atoms with van der Waals surface area (Å²) in [6, 6.07) is 6.80. The molecule has 21 heavy (non-hydrogen) atoms. The van der Waals surface area contributed by atoms with Gasteiger partial charge in [-0.2, -0.15) is 0 Å². The Hall–Kier alpha value is 0.566. The molecule has 0 atom stereocenters. The van der Waals surface area contributed by atoms with E-state index >= 15 is 0 Å². The van der Waals surface area contributed by atoms with E-state index in [1.165, 1.54) is 38.2 Å². The minimum Gasteiger partial charge on any atom is -0.716 e. The summed E-state index contributed by atoms with van der Waals surface area (Å²) >= 11 is 0. The molecule has 1 aromatic carbocycles. The number of para-hydroxylation sites is 1. The van der Waals surface area contributed by atoms with E-state index in [9.17, 15) is 13.0 Å². The Kier molecular flexibility index (Phi) is 12.4. The van der Waals surface area contributed by atoms with E-state index in [1.807, 2.05) is 6.07 Å². The molecule has 6 heteroatoms. The quantitative estimate of drug-likeness (QED) is 0.274. The van der Waals surface area contributed by atoms with Gasteiger partial charge in [0, 0.05) is 0 Å². The van der Waals surface area contributed by atoms with Crippen LogP contribution in [-0.2, 0) is 16.8 Å². The van der Waals surface area contributed by atoms with Crippen LogP contribution in [0.4, 0.5) is 0 Å². The Morgan fingerprint density at radius 2 is 1.57 bits per heavy atom. The summed E-state index contributed by atoms with van der Waals surface area (Å²) in [6.45, 7) is 2.20. The van der Waals surface area contributed by atoms with Gasteiger partial charge in [0.1, 0.15) is 5.75 Å². The Balaban J connectivity index is 0.00000400. The SMILES string of the molecule is CCCCCCCCCc1ccccc1OS(=O)(=O)[O-].[K+]. The van der Waals surface area contributed by atoms with E-state index in [0.29, 0.717) is 0 Å². The van der Waals surface area contributed by atoms with Crippen molar-refractivity contribution >= 4 is 10.4 Å². The second-order valence-electron chi connectivity index (χ2n) is 4.97. The first kappa shape index (κ1) is 21.6. The molecule has 114 valence electrons. The Morgan fingerprint density at radius 1 is 1.00 bits per heavy atom. The fraction of sp³-hybridized carbons (Fsp3) is 0.600. The summed E-state index contributed by atoms with van der Waals surface area (Å²) in [5, 5.41) is 0. The van der Waals surface area contributed by atoms with Crippen molar-refractivity contribution in [3.63, 3.8) is 0 Å². The molecule has 1 aromatic rings.